The highest BCUT2D eigenvalue weighted by molar-refractivity contribution is 5.88. The third-order valence-electron chi connectivity index (χ3n) is 3.48. The number of hydrogen-bond acceptors (Lipinski definition) is 2. The minimum Gasteiger partial charge on any atom is -0.456 e. The molecule has 3 rings (SSSR count). The van der Waals surface area contributed by atoms with E-state index in [0.29, 0.717) is 6.54 Å². The second kappa shape index (κ2) is 5.35. The predicted molar refractivity (Wildman–Crippen MR) is 83.1 cm³/mol. The van der Waals surface area contributed by atoms with Crippen molar-refractivity contribution >= 4 is 10.8 Å². The first-order valence-electron chi connectivity index (χ1n) is 6.74. The van der Waals surface area contributed by atoms with Gasteiger partial charge in [0.15, 0.2) is 0 Å². The predicted octanol–water partition coefficient (Wildman–Crippen LogP) is 4.40. The van der Waals surface area contributed by atoms with Crippen LogP contribution >= 0.6 is 0 Å². The Kier molecular flexibility index (Phi) is 3.40. The lowest BCUT2D eigenvalue weighted by Crippen LogP contribution is -2.01. The van der Waals surface area contributed by atoms with Crippen LogP contribution in [0.25, 0.3) is 10.8 Å². The highest BCUT2D eigenvalue weighted by Gasteiger charge is 2.09. The van der Waals surface area contributed by atoms with E-state index < -0.39 is 0 Å². The van der Waals surface area contributed by atoms with E-state index in [1.807, 2.05) is 49.4 Å². The summed E-state index contributed by atoms with van der Waals surface area (Å²) in [6.45, 7) is 2.52. The van der Waals surface area contributed by atoms with Crippen LogP contribution < -0.4 is 10.5 Å². The fourth-order valence-corrected chi connectivity index (χ4v) is 2.41. The fourth-order valence-electron chi connectivity index (χ4n) is 2.41. The summed E-state index contributed by atoms with van der Waals surface area (Å²) in [7, 11) is 0. The second-order valence-electron chi connectivity index (χ2n) is 4.85. The van der Waals surface area contributed by atoms with Crippen LogP contribution in [0.2, 0.25) is 0 Å². The molecule has 20 heavy (non-hydrogen) atoms. The van der Waals surface area contributed by atoms with E-state index in [2.05, 4.69) is 18.2 Å². The Morgan fingerprint density at radius 3 is 2.50 bits per heavy atom. The molecule has 0 bridgehead atoms. The zero-order valence-corrected chi connectivity index (χ0v) is 11.5. The van der Waals surface area contributed by atoms with Crippen molar-refractivity contribution in [3.63, 3.8) is 0 Å². The number of fused-ring (bicyclic) bond motifs is 1. The van der Waals surface area contributed by atoms with Gasteiger partial charge in [-0.3, -0.25) is 0 Å². The molecule has 3 aromatic rings. The molecule has 0 aliphatic heterocycles. The lowest BCUT2D eigenvalue weighted by atomic mass is 10.1. The van der Waals surface area contributed by atoms with Crippen LogP contribution in [0.15, 0.2) is 60.7 Å². The largest absolute Gasteiger partial charge is 0.456 e. The minimum atomic E-state index is 0.474. The molecule has 0 aliphatic rings. The molecule has 3 aromatic carbocycles. The molecular weight excluding hydrogens is 246 g/mol. The zero-order chi connectivity index (χ0) is 13.9. The van der Waals surface area contributed by atoms with Crippen molar-refractivity contribution < 1.29 is 4.74 Å². The summed E-state index contributed by atoms with van der Waals surface area (Å²) in [4.78, 5) is 0. The van der Waals surface area contributed by atoms with Crippen LogP contribution in [0.4, 0.5) is 0 Å². The van der Waals surface area contributed by atoms with Crippen molar-refractivity contribution in [1.29, 1.82) is 0 Å². The number of benzene rings is 3. The van der Waals surface area contributed by atoms with Crippen LogP contribution in [0.3, 0.4) is 0 Å². The molecule has 0 radical (unpaired) electrons. The Morgan fingerprint density at radius 2 is 1.65 bits per heavy atom. The summed E-state index contributed by atoms with van der Waals surface area (Å²) in [5, 5.41) is 2.29. The highest BCUT2D eigenvalue weighted by Crippen LogP contribution is 2.33. The summed E-state index contributed by atoms with van der Waals surface area (Å²) >= 11 is 0. The Bertz CT molecular complexity index is 744. The molecule has 0 atom stereocenters. The summed E-state index contributed by atoms with van der Waals surface area (Å²) in [6, 6.07) is 20.4. The molecule has 2 N–H and O–H groups in total. The molecule has 2 nitrogen and oxygen atoms in total. The normalized spacial score (nSPS) is 10.7. The number of aryl methyl sites for hydroxylation is 1. The average Bonchev–Trinajstić information content (AvgIpc) is 2.49. The Labute approximate surface area is 118 Å². The third kappa shape index (κ3) is 2.26. The molecule has 0 amide bonds. The lowest BCUT2D eigenvalue weighted by molar-refractivity contribution is 0.478. The van der Waals surface area contributed by atoms with Gasteiger partial charge in [0.2, 0.25) is 0 Å². The molecule has 0 saturated carbocycles. The Hall–Kier alpha value is -2.32. The van der Waals surface area contributed by atoms with Crippen molar-refractivity contribution in [3.05, 3.63) is 71.8 Å². The molecule has 0 unspecified atom stereocenters. The van der Waals surface area contributed by atoms with Crippen molar-refractivity contribution in [2.24, 2.45) is 5.73 Å². The highest BCUT2D eigenvalue weighted by atomic mass is 16.5. The first-order chi connectivity index (χ1) is 9.79. The molecule has 2 heteroatoms. The lowest BCUT2D eigenvalue weighted by Gasteiger charge is -2.14. The summed E-state index contributed by atoms with van der Waals surface area (Å²) < 4.78 is 6.16. The SMILES string of the molecule is Cc1cccc(CN)c1Oc1cccc2ccccc12. The van der Waals surface area contributed by atoms with E-state index >= 15 is 0 Å². The van der Waals surface area contributed by atoms with Gasteiger partial charge in [-0.2, -0.15) is 0 Å². The minimum absolute atomic E-state index is 0.474. The Morgan fingerprint density at radius 1 is 0.900 bits per heavy atom. The molecule has 0 aromatic heterocycles. The van der Waals surface area contributed by atoms with Gasteiger partial charge in [-0.15, -0.1) is 0 Å². The van der Waals surface area contributed by atoms with E-state index in [4.69, 9.17) is 10.5 Å². The van der Waals surface area contributed by atoms with Gasteiger partial charge < -0.3 is 10.5 Å². The summed E-state index contributed by atoms with van der Waals surface area (Å²) in [6.07, 6.45) is 0. The van der Waals surface area contributed by atoms with Crippen molar-refractivity contribution in [2.75, 3.05) is 0 Å². The van der Waals surface area contributed by atoms with Gasteiger partial charge in [-0.05, 0) is 23.9 Å². The molecule has 0 aliphatic carbocycles. The van der Waals surface area contributed by atoms with Gasteiger partial charge in [-0.25, -0.2) is 0 Å². The number of hydrogen-bond donors (Lipinski definition) is 1. The molecule has 100 valence electrons. The third-order valence-corrected chi connectivity index (χ3v) is 3.48. The first-order valence-corrected chi connectivity index (χ1v) is 6.74. The van der Waals surface area contributed by atoms with Gasteiger partial charge in [0.1, 0.15) is 11.5 Å². The maximum Gasteiger partial charge on any atom is 0.135 e. The standard InChI is InChI=1S/C18H17NO/c1-13-6-4-9-15(12-19)18(13)20-17-11-5-8-14-7-2-3-10-16(14)17/h2-11H,12,19H2,1H3. The first kappa shape index (κ1) is 12.7. The second-order valence-corrected chi connectivity index (χ2v) is 4.85. The number of para-hydroxylation sites is 1. The average molecular weight is 263 g/mol. The smallest absolute Gasteiger partial charge is 0.135 e. The monoisotopic (exact) mass is 263 g/mol. The van der Waals surface area contributed by atoms with Gasteiger partial charge in [0, 0.05) is 17.5 Å². The zero-order valence-electron chi connectivity index (χ0n) is 11.5. The van der Waals surface area contributed by atoms with Gasteiger partial charge in [0.25, 0.3) is 0 Å². The van der Waals surface area contributed by atoms with Gasteiger partial charge in [0.05, 0.1) is 0 Å². The summed E-state index contributed by atoms with van der Waals surface area (Å²) in [5.74, 6) is 1.73. The van der Waals surface area contributed by atoms with Gasteiger partial charge in [-0.1, -0.05) is 54.6 Å². The summed E-state index contributed by atoms with van der Waals surface area (Å²) in [5.41, 5.74) is 7.93. The fraction of sp³-hybridized carbons (Fsp3) is 0.111. The van der Waals surface area contributed by atoms with E-state index in [-0.39, 0.29) is 0 Å². The van der Waals surface area contributed by atoms with E-state index in [1.54, 1.807) is 0 Å². The van der Waals surface area contributed by atoms with Crippen molar-refractivity contribution in [2.45, 2.75) is 13.5 Å². The van der Waals surface area contributed by atoms with Crippen molar-refractivity contribution in [3.8, 4) is 11.5 Å². The van der Waals surface area contributed by atoms with Crippen LogP contribution in [-0.2, 0) is 6.54 Å². The molecule has 0 saturated heterocycles. The van der Waals surface area contributed by atoms with Crippen molar-refractivity contribution in [1.82, 2.24) is 0 Å². The number of rotatable bonds is 3. The maximum atomic E-state index is 6.16. The van der Waals surface area contributed by atoms with Gasteiger partial charge >= 0.3 is 0 Å². The van der Waals surface area contributed by atoms with E-state index in [1.165, 1.54) is 5.39 Å². The van der Waals surface area contributed by atoms with E-state index in [9.17, 15) is 0 Å². The Balaban J connectivity index is 2.10. The van der Waals surface area contributed by atoms with Crippen LogP contribution in [0, 0.1) is 6.92 Å². The number of nitrogens with two attached hydrogens (primary N) is 1. The van der Waals surface area contributed by atoms with Crippen LogP contribution in [0.5, 0.6) is 11.5 Å². The maximum absolute atomic E-state index is 6.16. The van der Waals surface area contributed by atoms with Crippen LogP contribution in [-0.4, -0.2) is 0 Å². The van der Waals surface area contributed by atoms with E-state index in [0.717, 1.165) is 28.0 Å². The number of ether oxygens (including phenoxy) is 1. The topological polar surface area (TPSA) is 35.2 Å². The molecule has 0 heterocycles. The molecule has 0 spiro atoms. The molecule has 0 fully saturated rings. The quantitative estimate of drug-likeness (QED) is 0.760. The molecular formula is C18H17NO. The van der Waals surface area contributed by atoms with Crippen LogP contribution in [0.1, 0.15) is 11.1 Å².